The molecule has 6 rings (SSSR count). The van der Waals surface area contributed by atoms with Gasteiger partial charge in [0, 0.05) is 33.9 Å². The van der Waals surface area contributed by atoms with Crippen molar-refractivity contribution in [1.29, 1.82) is 0 Å². The van der Waals surface area contributed by atoms with E-state index in [1.165, 1.54) is 28.8 Å². The lowest BCUT2D eigenvalue weighted by Crippen LogP contribution is -2.40. The smallest absolute Gasteiger partial charge is 0.271 e. The fourth-order valence-electron chi connectivity index (χ4n) is 4.81. The summed E-state index contributed by atoms with van der Waals surface area (Å²) in [7, 11) is 0. The molecule has 43 heavy (non-hydrogen) atoms. The van der Waals surface area contributed by atoms with Crippen LogP contribution in [0.1, 0.15) is 24.3 Å². The number of carbonyl (C=O) groups is 1. The maximum atomic E-state index is 13.9. The summed E-state index contributed by atoms with van der Waals surface area (Å²) in [5.74, 6) is -0.0526. The molecule has 214 valence electrons. The van der Waals surface area contributed by atoms with Crippen molar-refractivity contribution in [1.82, 2.24) is 4.57 Å². The van der Waals surface area contributed by atoms with Crippen LogP contribution < -0.4 is 20.2 Å². The van der Waals surface area contributed by atoms with E-state index in [-0.39, 0.29) is 11.3 Å². The Hall–Kier alpha value is -4.94. The molecular weight excluding hydrogens is 639 g/mol. The van der Waals surface area contributed by atoms with Gasteiger partial charge in [0.15, 0.2) is 4.80 Å². The van der Waals surface area contributed by atoms with Gasteiger partial charge >= 0.3 is 0 Å². The van der Waals surface area contributed by atoms with E-state index in [0.717, 1.165) is 11.3 Å². The zero-order valence-electron chi connectivity index (χ0n) is 22.3. The number of amides is 1. The Morgan fingerprint density at radius 2 is 1.86 bits per heavy atom. The monoisotopic (exact) mass is 658 g/mol. The summed E-state index contributed by atoms with van der Waals surface area (Å²) in [6.45, 7) is 1.70. The Balaban J connectivity index is 1.43. The van der Waals surface area contributed by atoms with Crippen molar-refractivity contribution in [2.75, 3.05) is 5.32 Å². The quantitative estimate of drug-likeness (QED) is 0.179. The van der Waals surface area contributed by atoms with Gasteiger partial charge in [-0.3, -0.25) is 24.3 Å². The summed E-state index contributed by atoms with van der Waals surface area (Å²) in [5.41, 5.74) is 1.96. The van der Waals surface area contributed by atoms with Gasteiger partial charge in [-0.05, 0) is 70.9 Å². The third-order valence-electron chi connectivity index (χ3n) is 6.81. The van der Waals surface area contributed by atoms with Gasteiger partial charge in [-0.25, -0.2) is 9.38 Å². The number of nitrogens with one attached hydrogen (secondary N) is 1. The summed E-state index contributed by atoms with van der Waals surface area (Å²) < 4.78 is 22.1. The van der Waals surface area contributed by atoms with Crippen molar-refractivity contribution < 1.29 is 18.5 Å². The van der Waals surface area contributed by atoms with E-state index in [0.29, 0.717) is 47.8 Å². The van der Waals surface area contributed by atoms with Crippen LogP contribution in [0, 0.1) is 15.9 Å². The molecule has 3 heterocycles. The lowest BCUT2D eigenvalue weighted by molar-refractivity contribution is -0.384. The van der Waals surface area contributed by atoms with E-state index in [1.54, 1.807) is 67.6 Å². The molecule has 3 aromatic carbocycles. The molecule has 1 atom stereocenters. The summed E-state index contributed by atoms with van der Waals surface area (Å²) in [4.78, 5) is 43.1. The van der Waals surface area contributed by atoms with Crippen molar-refractivity contribution in [2.45, 2.75) is 13.0 Å². The Bertz CT molecular complexity index is 2120. The predicted octanol–water partition coefficient (Wildman–Crippen LogP) is 5.94. The molecule has 12 heteroatoms. The topological polar surface area (TPSA) is 120 Å². The second kappa shape index (κ2) is 11.4. The predicted molar refractivity (Wildman–Crippen MR) is 164 cm³/mol. The number of allylic oxidation sites excluding steroid dienone is 1. The van der Waals surface area contributed by atoms with E-state index >= 15 is 0 Å². The van der Waals surface area contributed by atoms with Crippen LogP contribution in [0.25, 0.3) is 17.4 Å². The molecule has 0 saturated heterocycles. The van der Waals surface area contributed by atoms with Crippen LogP contribution in [0.5, 0.6) is 0 Å². The van der Waals surface area contributed by atoms with Crippen molar-refractivity contribution in [3.05, 3.63) is 148 Å². The molecule has 0 saturated carbocycles. The number of halogens is 2. The van der Waals surface area contributed by atoms with Gasteiger partial charge in [-0.2, -0.15) is 0 Å². The number of hydrogen-bond acceptors (Lipinski definition) is 7. The molecule has 0 radical (unpaired) electrons. The first-order valence-electron chi connectivity index (χ1n) is 12.9. The van der Waals surface area contributed by atoms with Crippen molar-refractivity contribution in [2.24, 2.45) is 4.99 Å². The first-order chi connectivity index (χ1) is 20.7. The van der Waals surface area contributed by atoms with Crippen LogP contribution in [-0.2, 0) is 4.79 Å². The zero-order valence-corrected chi connectivity index (χ0v) is 24.7. The fraction of sp³-hybridized carbons (Fsp3) is 0.0645. The van der Waals surface area contributed by atoms with Crippen molar-refractivity contribution in [3.8, 4) is 11.3 Å². The third-order valence-corrected chi connectivity index (χ3v) is 8.45. The lowest BCUT2D eigenvalue weighted by atomic mass is 9.95. The molecule has 5 aromatic rings. The van der Waals surface area contributed by atoms with Crippen LogP contribution in [0.3, 0.4) is 0 Å². The summed E-state index contributed by atoms with van der Waals surface area (Å²) in [5, 5.41) is 14.0. The summed E-state index contributed by atoms with van der Waals surface area (Å²) >= 11 is 4.49. The van der Waals surface area contributed by atoms with Gasteiger partial charge in [-0.1, -0.05) is 41.7 Å². The largest absolute Gasteiger partial charge is 0.457 e. The molecular formula is C31H20BrFN4O5S. The standard InChI is InChI=1S/C31H20BrFN4O5S/c1-17-27(29(38)35-20-5-3-2-4-6-20)28(18-7-9-19(33)10-8-18)36-30(39)26(43-31(36)34-17)16-22-12-14-25(42-22)23-13-11-21(37(40)41)15-24(23)32/h2-16,28H,1H3,(H,35,38)/b26-16-. The van der Waals surface area contributed by atoms with E-state index in [4.69, 9.17) is 4.42 Å². The molecule has 0 spiro atoms. The van der Waals surface area contributed by atoms with Gasteiger partial charge < -0.3 is 9.73 Å². The van der Waals surface area contributed by atoms with Gasteiger partial charge in [0.2, 0.25) is 0 Å². The third kappa shape index (κ3) is 5.49. The number of thiazole rings is 1. The number of anilines is 1. The number of aromatic nitrogens is 1. The first kappa shape index (κ1) is 28.2. The van der Waals surface area contributed by atoms with Crippen LogP contribution in [0.15, 0.2) is 115 Å². The molecule has 1 unspecified atom stereocenters. The average molecular weight is 659 g/mol. The highest BCUT2D eigenvalue weighted by Gasteiger charge is 2.32. The molecule has 9 nitrogen and oxygen atoms in total. The Kier molecular flexibility index (Phi) is 7.46. The van der Waals surface area contributed by atoms with E-state index < -0.39 is 28.2 Å². The SMILES string of the molecule is CC1=C(C(=O)Nc2ccccc2)C(c2ccc(F)cc2)n2c(s/c(=C\c3ccc(-c4ccc([N+](=O)[O-])cc4Br)o3)c2=O)=N1. The minimum absolute atomic E-state index is 0.0636. The van der Waals surface area contributed by atoms with Crippen LogP contribution in [0.2, 0.25) is 0 Å². The minimum Gasteiger partial charge on any atom is -0.457 e. The Labute approximate surface area is 255 Å². The second-order valence-electron chi connectivity index (χ2n) is 9.58. The highest BCUT2D eigenvalue weighted by Crippen LogP contribution is 2.33. The highest BCUT2D eigenvalue weighted by molar-refractivity contribution is 9.10. The molecule has 1 N–H and O–H groups in total. The van der Waals surface area contributed by atoms with Crippen molar-refractivity contribution >= 4 is 50.6 Å². The Morgan fingerprint density at radius 1 is 1.12 bits per heavy atom. The van der Waals surface area contributed by atoms with E-state index in [2.05, 4.69) is 26.2 Å². The average Bonchev–Trinajstić information content (AvgIpc) is 3.57. The maximum absolute atomic E-state index is 13.9. The van der Waals surface area contributed by atoms with E-state index in [1.807, 2.05) is 6.07 Å². The number of fused-ring (bicyclic) bond motifs is 1. The zero-order chi connectivity index (χ0) is 30.2. The number of hydrogen-bond donors (Lipinski definition) is 1. The van der Waals surface area contributed by atoms with Gasteiger partial charge in [0.25, 0.3) is 17.2 Å². The minimum atomic E-state index is -0.856. The first-order valence-corrected chi connectivity index (χ1v) is 14.5. The van der Waals surface area contributed by atoms with Gasteiger partial charge in [0.1, 0.15) is 17.3 Å². The number of nitro groups is 1. The normalized spacial score (nSPS) is 14.8. The van der Waals surface area contributed by atoms with Crippen LogP contribution in [-0.4, -0.2) is 15.4 Å². The number of furan rings is 1. The summed E-state index contributed by atoms with van der Waals surface area (Å²) in [6, 6.07) is 21.5. The molecule has 1 amide bonds. The van der Waals surface area contributed by atoms with Crippen LogP contribution in [0.4, 0.5) is 15.8 Å². The van der Waals surface area contributed by atoms with Gasteiger partial charge in [0.05, 0.1) is 26.8 Å². The number of nitro benzene ring substituents is 1. The fourth-order valence-corrected chi connectivity index (χ4v) is 6.40. The number of benzene rings is 3. The number of rotatable bonds is 6. The number of nitrogens with zero attached hydrogens (tertiary/aromatic N) is 3. The Morgan fingerprint density at radius 3 is 2.56 bits per heavy atom. The number of para-hydroxylation sites is 1. The molecule has 0 bridgehead atoms. The summed E-state index contributed by atoms with van der Waals surface area (Å²) in [6.07, 6.45) is 1.58. The number of non-ortho nitro benzene ring substituents is 1. The molecule has 2 aromatic heterocycles. The number of carbonyl (C=O) groups excluding carboxylic acids is 1. The van der Waals surface area contributed by atoms with Crippen molar-refractivity contribution in [3.63, 3.8) is 0 Å². The maximum Gasteiger partial charge on any atom is 0.271 e. The highest BCUT2D eigenvalue weighted by atomic mass is 79.9. The molecule has 1 aliphatic heterocycles. The lowest BCUT2D eigenvalue weighted by Gasteiger charge is -2.25. The molecule has 0 aliphatic carbocycles. The molecule has 0 fully saturated rings. The second-order valence-corrected chi connectivity index (χ2v) is 11.4. The van der Waals surface area contributed by atoms with E-state index in [9.17, 15) is 24.1 Å². The van der Waals surface area contributed by atoms with Gasteiger partial charge in [-0.15, -0.1) is 0 Å². The molecule has 1 aliphatic rings. The van der Waals surface area contributed by atoms with Crippen LogP contribution >= 0.6 is 27.3 Å².